The van der Waals surface area contributed by atoms with Gasteiger partial charge in [0.25, 0.3) is 0 Å². The van der Waals surface area contributed by atoms with E-state index in [-0.39, 0.29) is 35.2 Å². The molecule has 1 fully saturated rings. The van der Waals surface area contributed by atoms with Gasteiger partial charge in [-0.2, -0.15) is 4.31 Å². The summed E-state index contributed by atoms with van der Waals surface area (Å²) in [7, 11) is -2.36. The van der Waals surface area contributed by atoms with Crippen LogP contribution in [0, 0.1) is 0 Å². The van der Waals surface area contributed by atoms with Crippen LogP contribution in [0.4, 0.5) is 16.2 Å². The van der Waals surface area contributed by atoms with E-state index in [0.29, 0.717) is 61.6 Å². The van der Waals surface area contributed by atoms with E-state index in [1.165, 1.54) is 18.3 Å². The van der Waals surface area contributed by atoms with Crippen molar-refractivity contribution >= 4 is 33.4 Å². The van der Waals surface area contributed by atoms with Crippen molar-refractivity contribution in [3.63, 3.8) is 0 Å². The first-order valence-electron chi connectivity index (χ1n) is 13.3. The molecule has 10 nitrogen and oxygen atoms in total. The number of amides is 2. The molecule has 0 radical (unpaired) electrons. The Labute approximate surface area is 230 Å². The van der Waals surface area contributed by atoms with Gasteiger partial charge >= 0.3 is 6.09 Å². The second-order valence-corrected chi connectivity index (χ2v) is 11.6. The molecule has 2 heterocycles. The van der Waals surface area contributed by atoms with Crippen molar-refractivity contribution in [1.82, 2.24) is 4.31 Å². The van der Waals surface area contributed by atoms with Crippen LogP contribution in [0.2, 0.25) is 0 Å². The molecule has 11 heteroatoms. The lowest BCUT2D eigenvalue weighted by atomic mass is 10.0. The molecular weight excluding hydrogens is 522 g/mol. The number of rotatable bonds is 7. The summed E-state index contributed by atoms with van der Waals surface area (Å²) < 4.78 is 44.8. The van der Waals surface area contributed by atoms with Gasteiger partial charge < -0.3 is 19.1 Å². The largest absolute Gasteiger partial charge is 0.495 e. The van der Waals surface area contributed by atoms with Crippen LogP contribution in [0.5, 0.6) is 5.75 Å². The predicted molar refractivity (Wildman–Crippen MR) is 149 cm³/mol. The molecule has 2 aliphatic rings. The number of ether oxygens (including phenoxy) is 3. The smallest absolute Gasteiger partial charge is 0.414 e. The highest BCUT2D eigenvalue weighted by Gasteiger charge is 2.36. The number of hydrogen-bond donors (Lipinski definition) is 0. The van der Waals surface area contributed by atoms with E-state index in [9.17, 15) is 18.0 Å². The fourth-order valence-corrected chi connectivity index (χ4v) is 6.86. The molecule has 2 amide bonds. The number of benzene rings is 2. The molecule has 0 bridgehead atoms. The lowest BCUT2D eigenvalue weighted by Crippen LogP contribution is -2.52. The molecule has 1 saturated heterocycles. The van der Waals surface area contributed by atoms with E-state index in [0.717, 1.165) is 0 Å². The number of hydrogen-bond acceptors (Lipinski definition) is 7. The topological polar surface area (TPSA) is 106 Å². The SMILES string of the molecule is CCN(CC)S(=O)(=O)c1cc(-c2ccc3c(c2)N(C(=O)OC2CCOCC2)C[C@H](C)N3C(C)=O)ccc1OC. The summed E-state index contributed by atoms with van der Waals surface area (Å²) in [4.78, 5) is 29.2. The van der Waals surface area contributed by atoms with Crippen molar-refractivity contribution in [2.45, 2.75) is 57.6 Å². The Bertz CT molecular complexity index is 1320. The second kappa shape index (κ2) is 11.9. The molecular formula is C28H37N3O7S. The highest BCUT2D eigenvalue weighted by atomic mass is 32.2. The molecule has 4 rings (SSSR count). The average Bonchev–Trinajstić information content (AvgIpc) is 2.92. The highest BCUT2D eigenvalue weighted by molar-refractivity contribution is 7.89. The van der Waals surface area contributed by atoms with Crippen LogP contribution in [0.25, 0.3) is 11.1 Å². The number of methoxy groups -OCH3 is 1. The minimum Gasteiger partial charge on any atom is -0.495 e. The summed E-state index contributed by atoms with van der Waals surface area (Å²) in [5.41, 5.74) is 2.45. The third kappa shape index (κ3) is 5.75. The predicted octanol–water partition coefficient (Wildman–Crippen LogP) is 4.27. The van der Waals surface area contributed by atoms with Gasteiger partial charge in [-0.1, -0.05) is 26.0 Å². The maximum absolute atomic E-state index is 13.4. The van der Waals surface area contributed by atoms with Crippen molar-refractivity contribution in [2.24, 2.45) is 0 Å². The van der Waals surface area contributed by atoms with Crippen LogP contribution >= 0.6 is 0 Å². The standard InChI is InChI=1S/C28H37N3O7S/c1-6-29(7-2)39(34,35)27-17-22(9-11-26(27)36-5)21-8-10-24-25(16-21)30(18-19(3)31(24)20(4)32)28(33)38-23-12-14-37-15-13-23/h8-11,16-17,19,23H,6-7,12-15,18H2,1-5H3/t19-/m0/s1. The maximum Gasteiger partial charge on any atom is 0.414 e. The summed E-state index contributed by atoms with van der Waals surface area (Å²) in [6.45, 7) is 8.98. The Hall–Kier alpha value is -3.15. The Kier molecular flexibility index (Phi) is 8.83. The van der Waals surface area contributed by atoms with Crippen molar-refractivity contribution in [1.29, 1.82) is 0 Å². The van der Waals surface area contributed by atoms with E-state index in [1.807, 2.05) is 13.0 Å². The normalized spacial score (nSPS) is 18.2. The molecule has 0 unspecified atom stereocenters. The Morgan fingerprint density at radius 2 is 1.67 bits per heavy atom. The van der Waals surface area contributed by atoms with Gasteiger partial charge in [0.05, 0.1) is 37.7 Å². The van der Waals surface area contributed by atoms with Gasteiger partial charge in [-0.05, 0) is 42.3 Å². The van der Waals surface area contributed by atoms with Crippen molar-refractivity contribution in [3.8, 4) is 16.9 Å². The van der Waals surface area contributed by atoms with Gasteiger partial charge in [-0.3, -0.25) is 9.69 Å². The lowest BCUT2D eigenvalue weighted by molar-refractivity contribution is -0.117. The van der Waals surface area contributed by atoms with Crippen molar-refractivity contribution in [2.75, 3.05) is 49.8 Å². The molecule has 2 aromatic carbocycles. The van der Waals surface area contributed by atoms with Crippen LogP contribution in [0.15, 0.2) is 41.3 Å². The van der Waals surface area contributed by atoms with E-state index >= 15 is 0 Å². The fraction of sp³-hybridized carbons (Fsp3) is 0.500. The Balaban J connectivity index is 1.78. The third-order valence-corrected chi connectivity index (χ3v) is 9.30. The lowest BCUT2D eigenvalue weighted by Gasteiger charge is -2.41. The van der Waals surface area contributed by atoms with Gasteiger partial charge in [0.15, 0.2) is 0 Å². The Morgan fingerprint density at radius 1 is 1.03 bits per heavy atom. The second-order valence-electron chi connectivity index (χ2n) is 9.70. The van der Waals surface area contributed by atoms with Gasteiger partial charge in [0.1, 0.15) is 16.7 Å². The zero-order valence-corrected chi connectivity index (χ0v) is 24.0. The minimum absolute atomic E-state index is 0.0682. The summed E-state index contributed by atoms with van der Waals surface area (Å²) in [5.74, 6) is 0.118. The summed E-state index contributed by atoms with van der Waals surface area (Å²) in [6.07, 6.45) is 0.567. The third-order valence-electron chi connectivity index (χ3n) is 7.23. The van der Waals surface area contributed by atoms with E-state index in [1.54, 1.807) is 54.0 Å². The zero-order valence-electron chi connectivity index (χ0n) is 23.2. The molecule has 0 spiro atoms. The van der Waals surface area contributed by atoms with Crippen molar-refractivity contribution < 1.29 is 32.2 Å². The molecule has 2 aliphatic heterocycles. The number of carbonyl (C=O) groups excluding carboxylic acids is 2. The first kappa shape index (κ1) is 28.8. The van der Waals surface area contributed by atoms with E-state index in [2.05, 4.69) is 0 Å². The quantitative estimate of drug-likeness (QED) is 0.499. The summed E-state index contributed by atoms with van der Waals surface area (Å²) in [6, 6.07) is 10.2. The van der Waals surface area contributed by atoms with Crippen LogP contribution in [0.3, 0.4) is 0 Å². The molecule has 39 heavy (non-hydrogen) atoms. The van der Waals surface area contributed by atoms with Gasteiger partial charge in [0, 0.05) is 39.4 Å². The summed E-state index contributed by atoms with van der Waals surface area (Å²) in [5, 5.41) is 0. The first-order chi connectivity index (χ1) is 18.6. The van der Waals surface area contributed by atoms with Gasteiger partial charge in [-0.15, -0.1) is 0 Å². The fourth-order valence-electron chi connectivity index (χ4n) is 5.22. The van der Waals surface area contributed by atoms with Crippen LogP contribution in [-0.2, 0) is 24.3 Å². The van der Waals surface area contributed by atoms with Crippen molar-refractivity contribution in [3.05, 3.63) is 36.4 Å². The molecule has 2 aromatic rings. The van der Waals surface area contributed by atoms with E-state index in [4.69, 9.17) is 14.2 Å². The molecule has 0 aromatic heterocycles. The minimum atomic E-state index is -3.80. The number of anilines is 2. The molecule has 0 aliphatic carbocycles. The first-order valence-corrected chi connectivity index (χ1v) is 14.7. The Morgan fingerprint density at radius 3 is 2.28 bits per heavy atom. The monoisotopic (exact) mass is 559 g/mol. The van der Waals surface area contributed by atoms with Crippen LogP contribution < -0.4 is 14.5 Å². The maximum atomic E-state index is 13.4. The zero-order chi connectivity index (χ0) is 28.3. The molecule has 0 saturated carbocycles. The number of nitrogens with zero attached hydrogens (tertiary/aromatic N) is 3. The highest BCUT2D eigenvalue weighted by Crippen LogP contribution is 2.40. The number of sulfonamides is 1. The van der Waals surface area contributed by atoms with Gasteiger partial charge in [-0.25, -0.2) is 13.2 Å². The van der Waals surface area contributed by atoms with Gasteiger partial charge in [0.2, 0.25) is 15.9 Å². The molecule has 0 N–H and O–H groups in total. The number of carbonyl (C=O) groups is 2. The van der Waals surface area contributed by atoms with Crippen LogP contribution in [0.1, 0.15) is 40.5 Å². The van der Waals surface area contributed by atoms with E-state index < -0.39 is 16.1 Å². The average molecular weight is 560 g/mol. The molecule has 212 valence electrons. The summed E-state index contributed by atoms with van der Waals surface area (Å²) >= 11 is 0. The van der Waals surface area contributed by atoms with Crippen LogP contribution in [-0.4, -0.2) is 76.8 Å². The number of fused-ring (bicyclic) bond motifs is 1. The molecule has 1 atom stereocenters.